The maximum atomic E-state index is 3.97. The predicted molar refractivity (Wildman–Crippen MR) is 49.4 cm³/mol. The highest BCUT2D eigenvalue weighted by Crippen LogP contribution is 2.27. The average molecular weight is 154 g/mol. The summed E-state index contributed by atoms with van der Waals surface area (Å²) in [7, 11) is 2.06. The molecule has 0 saturated heterocycles. The summed E-state index contributed by atoms with van der Waals surface area (Å²) in [5, 5.41) is 3.36. The van der Waals surface area contributed by atoms with Crippen LogP contribution in [0.25, 0.3) is 0 Å². The number of hydrogen-bond donors (Lipinski definition) is 1. The Kier molecular flexibility index (Phi) is 3.92. The van der Waals surface area contributed by atoms with Gasteiger partial charge in [-0.2, -0.15) is 0 Å². The molecule has 1 aliphatic rings. The first-order valence-electron chi connectivity index (χ1n) is 4.85. The Morgan fingerprint density at radius 2 is 2.00 bits per heavy atom. The van der Waals surface area contributed by atoms with Crippen molar-refractivity contribution in [3.63, 3.8) is 0 Å². The minimum absolute atomic E-state index is 0.676. The van der Waals surface area contributed by atoms with Crippen molar-refractivity contribution >= 4 is 0 Å². The molecule has 1 fully saturated rings. The van der Waals surface area contributed by atoms with Crippen molar-refractivity contribution in [1.82, 2.24) is 5.32 Å². The maximum Gasteiger partial charge on any atom is 0.00923 e. The molecule has 1 aliphatic carbocycles. The van der Waals surface area contributed by atoms with E-state index >= 15 is 0 Å². The fraction of sp³-hybridized carbons (Fsp3) is 0.900. The van der Waals surface area contributed by atoms with Gasteiger partial charge in [0.1, 0.15) is 0 Å². The van der Waals surface area contributed by atoms with Gasteiger partial charge < -0.3 is 5.32 Å². The van der Waals surface area contributed by atoms with Gasteiger partial charge in [0, 0.05) is 6.04 Å². The van der Waals surface area contributed by atoms with Crippen molar-refractivity contribution in [3.8, 4) is 0 Å². The predicted octanol–water partition coefficient (Wildman–Crippen LogP) is 2.38. The molecule has 1 atom stereocenters. The first kappa shape index (κ1) is 9.05. The SMILES string of the molecule is [CH2]CC(NC)C1CCCCC1. The van der Waals surface area contributed by atoms with E-state index in [-0.39, 0.29) is 0 Å². The number of hydrogen-bond acceptors (Lipinski definition) is 1. The van der Waals surface area contributed by atoms with Crippen molar-refractivity contribution < 1.29 is 0 Å². The highest BCUT2D eigenvalue weighted by atomic mass is 14.9. The fourth-order valence-electron chi connectivity index (χ4n) is 2.15. The molecule has 1 N–H and O–H groups in total. The molecule has 0 spiro atoms. The molecule has 0 aromatic carbocycles. The second kappa shape index (κ2) is 4.76. The van der Waals surface area contributed by atoms with E-state index in [0.717, 1.165) is 12.3 Å². The van der Waals surface area contributed by atoms with Crippen LogP contribution >= 0.6 is 0 Å². The van der Waals surface area contributed by atoms with Crippen LogP contribution in [0.1, 0.15) is 38.5 Å². The molecular weight excluding hydrogens is 134 g/mol. The zero-order valence-corrected chi connectivity index (χ0v) is 7.60. The van der Waals surface area contributed by atoms with Crippen molar-refractivity contribution in [3.05, 3.63) is 6.92 Å². The lowest BCUT2D eigenvalue weighted by molar-refractivity contribution is 0.278. The van der Waals surface area contributed by atoms with E-state index in [1.165, 1.54) is 32.1 Å². The van der Waals surface area contributed by atoms with Gasteiger partial charge in [-0.05, 0) is 32.2 Å². The third-order valence-electron chi connectivity index (χ3n) is 2.90. The van der Waals surface area contributed by atoms with E-state index < -0.39 is 0 Å². The molecule has 1 saturated carbocycles. The van der Waals surface area contributed by atoms with Crippen LogP contribution < -0.4 is 5.32 Å². The molecule has 1 radical (unpaired) electrons. The summed E-state index contributed by atoms with van der Waals surface area (Å²) in [5.74, 6) is 0.909. The first-order chi connectivity index (χ1) is 5.38. The van der Waals surface area contributed by atoms with Gasteiger partial charge in [0.25, 0.3) is 0 Å². The second-order valence-corrected chi connectivity index (χ2v) is 3.58. The highest BCUT2D eigenvalue weighted by molar-refractivity contribution is 4.78. The van der Waals surface area contributed by atoms with Crippen molar-refractivity contribution in [2.75, 3.05) is 7.05 Å². The monoisotopic (exact) mass is 154 g/mol. The largest absolute Gasteiger partial charge is 0.317 e. The topological polar surface area (TPSA) is 12.0 Å². The molecule has 1 rings (SSSR count). The summed E-state index contributed by atoms with van der Waals surface area (Å²) in [5.41, 5.74) is 0. The van der Waals surface area contributed by atoms with E-state index in [2.05, 4.69) is 19.3 Å². The third-order valence-corrected chi connectivity index (χ3v) is 2.90. The van der Waals surface area contributed by atoms with Gasteiger partial charge in [-0.25, -0.2) is 0 Å². The van der Waals surface area contributed by atoms with Crippen LogP contribution in [-0.2, 0) is 0 Å². The molecule has 0 aromatic rings. The highest BCUT2D eigenvalue weighted by Gasteiger charge is 2.20. The van der Waals surface area contributed by atoms with Crippen molar-refractivity contribution in [1.29, 1.82) is 0 Å². The van der Waals surface area contributed by atoms with E-state index in [1.807, 2.05) is 0 Å². The van der Waals surface area contributed by atoms with Crippen LogP contribution in [0.4, 0.5) is 0 Å². The molecule has 65 valence electrons. The van der Waals surface area contributed by atoms with Crippen LogP contribution in [-0.4, -0.2) is 13.1 Å². The quantitative estimate of drug-likeness (QED) is 0.658. The van der Waals surface area contributed by atoms with Gasteiger partial charge in [0.05, 0.1) is 0 Å². The fourth-order valence-corrected chi connectivity index (χ4v) is 2.15. The summed E-state index contributed by atoms with van der Waals surface area (Å²) in [6, 6.07) is 0.676. The molecule has 0 aromatic heterocycles. The van der Waals surface area contributed by atoms with Gasteiger partial charge >= 0.3 is 0 Å². The minimum Gasteiger partial charge on any atom is -0.317 e. The van der Waals surface area contributed by atoms with Gasteiger partial charge in [-0.15, -0.1) is 0 Å². The Hall–Kier alpha value is -0.0400. The molecule has 1 nitrogen and oxygen atoms in total. The van der Waals surface area contributed by atoms with Crippen LogP contribution in [0.15, 0.2) is 0 Å². The zero-order chi connectivity index (χ0) is 8.10. The van der Waals surface area contributed by atoms with E-state index in [0.29, 0.717) is 6.04 Å². The van der Waals surface area contributed by atoms with Crippen LogP contribution in [0, 0.1) is 12.8 Å². The van der Waals surface area contributed by atoms with Gasteiger partial charge in [-0.1, -0.05) is 26.2 Å². The average Bonchev–Trinajstić information content (AvgIpc) is 2.09. The summed E-state index contributed by atoms with van der Waals surface area (Å²) < 4.78 is 0. The molecule has 0 bridgehead atoms. The molecular formula is C10H20N. The second-order valence-electron chi connectivity index (χ2n) is 3.58. The Labute approximate surface area is 70.6 Å². The van der Waals surface area contributed by atoms with Gasteiger partial charge in [0.15, 0.2) is 0 Å². The van der Waals surface area contributed by atoms with Gasteiger partial charge in [0.2, 0.25) is 0 Å². The van der Waals surface area contributed by atoms with Crippen LogP contribution in [0.5, 0.6) is 0 Å². The molecule has 0 aliphatic heterocycles. The maximum absolute atomic E-state index is 3.97. The lowest BCUT2D eigenvalue weighted by atomic mass is 9.83. The number of nitrogens with one attached hydrogen (secondary N) is 1. The standard InChI is InChI=1S/C10H20N/c1-3-10(11-2)9-7-5-4-6-8-9/h9-11H,1,3-8H2,2H3. The van der Waals surface area contributed by atoms with E-state index in [9.17, 15) is 0 Å². The molecule has 0 heterocycles. The smallest absolute Gasteiger partial charge is 0.00923 e. The Morgan fingerprint density at radius 1 is 1.36 bits per heavy atom. The molecule has 1 heteroatoms. The van der Waals surface area contributed by atoms with E-state index in [1.54, 1.807) is 0 Å². The summed E-state index contributed by atoms with van der Waals surface area (Å²) >= 11 is 0. The van der Waals surface area contributed by atoms with Crippen LogP contribution in [0.3, 0.4) is 0 Å². The molecule has 0 amide bonds. The third kappa shape index (κ3) is 2.48. The summed E-state index contributed by atoms with van der Waals surface area (Å²) in [6.07, 6.45) is 8.19. The molecule has 11 heavy (non-hydrogen) atoms. The van der Waals surface area contributed by atoms with Crippen molar-refractivity contribution in [2.24, 2.45) is 5.92 Å². The lowest BCUT2D eigenvalue weighted by Gasteiger charge is -2.29. The zero-order valence-electron chi connectivity index (χ0n) is 7.60. The van der Waals surface area contributed by atoms with E-state index in [4.69, 9.17) is 0 Å². The minimum atomic E-state index is 0.676. The van der Waals surface area contributed by atoms with Gasteiger partial charge in [-0.3, -0.25) is 0 Å². The Bertz CT molecular complexity index is 91.0. The number of rotatable bonds is 3. The lowest BCUT2D eigenvalue weighted by Crippen LogP contribution is -2.34. The first-order valence-corrected chi connectivity index (χ1v) is 4.85. The Balaban J connectivity index is 2.30. The normalized spacial score (nSPS) is 23.5. The van der Waals surface area contributed by atoms with Crippen molar-refractivity contribution in [2.45, 2.75) is 44.6 Å². The summed E-state index contributed by atoms with van der Waals surface area (Å²) in [4.78, 5) is 0. The molecule has 1 unspecified atom stereocenters. The Morgan fingerprint density at radius 3 is 2.45 bits per heavy atom. The van der Waals surface area contributed by atoms with Crippen LogP contribution in [0.2, 0.25) is 0 Å². The summed E-state index contributed by atoms with van der Waals surface area (Å²) in [6.45, 7) is 3.97.